The lowest BCUT2D eigenvalue weighted by molar-refractivity contribution is 0.0936. The molecule has 1 aliphatic carbocycles. The van der Waals surface area contributed by atoms with Crippen molar-refractivity contribution < 1.29 is 4.79 Å². The van der Waals surface area contributed by atoms with Gasteiger partial charge in [-0.3, -0.25) is 4.79 Å². The third-order valence-electron chi connectivity index (χ3n) is 2.94. The van der Waals surface area contributed by atoms with E-state index in [0.717, 1.165) is 13.1 Å². The van der Waals surface area contributed by atoms with Gasteiger partial charge in [0.05, 0.1) is 0 Å². The highest BCUT2D eigenvalue weighted by Crippen LogP contribution is 2.41. The molecule has 1 aliphatic heterocycles. The molecule has 1 saturated heterocycles. The molecular weight excluding hydrogens is 184 g/mol. The SMILES string of the molecule is O=C(NC1C2CNCC21)c1nn[nH]n1. The molecule has 74 valence electrons. The highest BCUT2D eigenvalue weighted by Gasteiger charge is 2.53. The predicted molar refractivity (Wildman–Crippen MR) is 45.3 cm³/mol. The van der Waals surface area contributed by atoms with Crippen molar-refractivity contribution in [3.05, 3.63) is 5.82 Å². The van der Waals surface area contributed by atoms with Crippen molar-refractivity contribution in [3.63, 3.8) is 0 Å². The molecule has 0 spiro atoms. The Morgan fingerprint density at radius 2 is 2.21 bits per heavy atom. The number of piperidine rings is 1. The van der Waals surface area contributed by atoms with E-state index in [1.54, 1.807) is 0 Å². The van der Waals surface area contributed by atoms with Crippen molar-refractivity contribution in [1.82, 2.24) is 31.3 Å². The fourth-order valence-corrected chi connectivity index (χ4v) is 2.11. The first kappa shape index (κ1) is 7.86. The highest BCUT2D eigenvalue weighted by atomic mass is 16.2. The van der Waals surface area contributed by atoms with Crippen LogP contribution in [0.3, 0.4) is 0 Å². The molecule has 2 atom stereocenters. The van der Waals surface area contributed by atoms with Gasteiger partial charge >= 0.3 is 0 Å². The zero-order valence-electron chi connectivity index (χ0n) is 7.40. The summed E-state index contributed by atoms with van der Waals surface area (Å²) in [5, 5.41) is 19.0. The molecule has 0 radical (unpaired) electrons. The lowest BCUT2D eigenvalue weighted by Gasteiger charge is -2.04. The zero-order chi connectivity index (χ0) is 9.54. The van der Waals surface area contributed by atoms with Gasteiger partial charge < -0.3 is 10.6 Å². The summed E-state index contributed by atoms with van der Waals surface area (Å²) in [4.78, 5) is 11.5. The van der Waals surface area contributed by atoms with Crippen LogP contribution < -0.4 is 10.6 Å². The van der Waals surface area contributed by atoms with Crippen molar-refractivity contribution in [1.29, 1.82) is 0 Å². The van der Waals surface area contributed by atoms with Crippen LogP contribution in [0.15, 0.2) is 0 Å². The summed E-state index contributed by atoms with van der Waals surface area (Å²) in [5.41, 5.74) is 0. The number of H-pyrrole nitrogens is 1. The molecule has 2 unspecified atom stereocenters. The molecule has 3 rings (SSSR count). The Labute approximate surface area is 79.6 Å². The van der Waals surface area contributed by atoms with E-state index in [4.69, 9.17) is 0 Å². The van der Waals surface area contributed by atoms with E-state index in [1.165, 1.54) is 0 Å². The van der Waals surface area contributed by atoms with E-state index < -0.39 is 0 Å². The molecule has 2 heterocycles. The van der Waals surface area contributed by atoms with Crippen LogP contribution in [0.25, 0.3) is 0 Å². The number of carbonyl (C=O) groups excluding carboxylic acids is 1. The summed E-state index contributed by atoms with van der Waals surface area (Å²) in [7, 11) is 0. The maximum absolute atomic E-state index is 11.5. The average Bonchev–Trinajstić information content (AvgIpc) is 2.75. The molecule has 0 bridgehead atoms. The smallest absolute Gasteiger partial charge is 0.293 e. The first-order valence-corrected chi connectivity index (χ1v) is 4.61. The number of aromatic nitrogens is 4. The van der Waals surface area contributed by atoms with Gasteiger partial charge in [0.2, 0.25) is 0 Å². The van der Waals surface area contributed by atoms with Crippen molar-refractivity contribution in [2.45, 2.75) is 6.04 Å². The first-order valence-electron chi connectivity index (χ1n) is 4.61. The number of hydrogen-bond acceptors (Lipinski definition) is 5. The van der Waals surface area contributed by atoms with E-state index in [9.17, 15) is 4.79 Å². The van der Waals surface area contributed by atoms with Gasteiger partial charge in [0, 0.05) is 19.1 Å². The second kappa shape index (κ2) is 2.74. The van der Waals surface area contributed by atoms with Crippen LogP contribution in [-0.4, -0.2) is 45.7 Å². The maximum Gasteiger partial charge on any atom is 0.293 e. The molecule has 2 fully saturated rings. The van der Waals surface area contributed by atoms with Crippen LogP contribution in [0.5, 0.6) is 0 Å². The number of tetrazole rings is 1. The molecule has 2 aliphatic rings. The van der Waals surface area contributed by atoms with Crippen LogP contribution in [0.2, 0.25) is 0 Å². The van der Waals surface area contributed by atoms with Gasteiger partial charge in [0.15, 0.2) is 0 Å². The van der Waals surface area contributed by atoms with Crippen LogP contribution in [0.4, 0.5) is 0 Å². The Bertz CT molecular complexity index is 339. The van der Waals surface area contributed by atoms with Gasteiger partial charge in [-0.05, 0) is 17.0 Å². The van der Waals surface area contributed by atoms with E-state index in [1.807, 2.05) is 0 Å². The minimum atomic E-state index is -0.238. The molecule has 1 amide bonds. The van der Waals surface area contributed by atoms with E-state index in [2.05, 4.69) is 31.3 Å². The van der Waals surface area contributed by atoms with Gasteiger partial charge in [-0.2, -0.15) is 5.21 Å². The molecule has 7 nitrogen and oxygen atoms in total. The number of hydrogen-bond donors (Lipinski definition) is 3. The van der Waals surface area contributed by atoms with Crippen LogP contribution >= 0.6 is 0 Å². The van der Waals surface area contributed by atoms with Gasteiger partial charge in [0.1, 0.15) is 0 Å². The van der Waals surface area contributed by atoms with E-state index in [-0.39, 0.29) is 11.7 Å². The van der Waals surface area contributed by atoms with Gasteiger partial charge in [-0.1, -0.05) is 0 Å². The Balaban J connectivity index is 1.61. The number of fused-ring (bicyclic) bond motifs is 1. The van der Waals surface area contributed by atoms with Crippen LogP contribution in [0.1, 0.15) is 10.6 Å². The second-order valence-corrected chi connectivity index (χ2v) is 3.72. The summed E-state index contributed by atoms with van der Waals surface area (Å²) in [6.07, 6.45) is 0. The minimum absolute atomic E-state index is 0.114. The first-order chi connectivity index (χ1) is 6.86. The van der Waals surface area contributed by atoms with E-state index >= 15 is 0 Å². The Kier molecular flexibility index (Phi) is 1.54. The fourth-order valence-electron chi connectivity index (χ4n) is 2.11. The minimum Gasteiger partial charge on any atom is -0.346 e. The fraction of sp³-hybridized carbons (Fsp3) is 0.714. The van der Waals surface area contributed by atoms with Crippen molar-refractivity contribution in [3.8, 4) is 0 Å². The molecule has 3 N–H and O–H groups in total. The summed E-state index contributed by atoms with van der Waals surface area (Å²) in [5.74, 6) is 1.08. The lowest BCUT2D eigenvalue weighted by atomic mass is 10.4. The van der Waals surface area contributed by atoms with Crippen molar-refractivity contribution in [2.24, 2.45) is 11.8 Å². The standard InChI is InChI=1S/C7H10N6O/c14-7(6-10-12-13-11-6)9-5-3-1-8-2-4(3)5/h3-5,8H,1-2H2,(H,9,14)(H,10,11,12,13). The Morgan fingerprint density at radius 3 is 2.86 bits per heavy atom. The van der Waals surface area contributed by atoms with Crippen LogP contribution in [0, 0.1) is 11.8 Å². The maximum atomic E-state index is 11.5. The van der Waals surface area contributed by atoms with Gasteiger partial charge in [0.25, 0.3) is 11.7 Å². The number of rotatable bonds is 2. The number of aromatic amines is 1. The molecule has 14 heavy (non-hydrogen) atoms. The number of amides is 1. The monoisotopic (exact) mass is 194 g/mol. The molecule has 1 aromatic heterocycles. The number of carbonyl (C=O) groups is 1. The van der Waals surface area contributed by atoms with Gasteiger partial charge in [-0.25, -0.2) is 0 Å². The average molecular weight is 194 g/mol. The predicted octanol–water partition coefficient (Wildman–Crippen LogP) is -1.85. The molecule has 1 aromatic rings. The van der Waals surface area contributed by atoms with Crippen molar-refractivity contribution in [2.75, 3.05) is 13.1 Å². The molecule has 0 aromatic carbocycles. The summed E-state index contributed by atoms with van der Waals surface area (Å²) in [6.45, 7) is 2.00. The topological polar surface area (TPSA) is 95.6 Å². The number of nitrogens with one attached hydrogen (secondary N) is 3. The van der Waals surface area contributed by atoms with Gasteiger partial charge in [-0.15, -0.1) is 10.2 Å². The molecule has 7 heteroatoms. The third-order valence-corrected chi connectivity index (χ3v) is 2.94. The summed E-state index contributed by atoms with van der Waals surface area (Å²) >= 11 is 0. The van der Waals surface area contributed by atoms with Crippen molar-refractivity contribution >= 4 is 5.91 Å². The normalized spacial score (nSPS) is 33.9. The highest BCUT2D eigenvalue weighted by molar-refractivity contribution is 5.90. The number of nitrogens with zero attached hydrogens (tertiary/aromatic N) is 3. The summed E-state index contributed by atoms with van der Waals surface area (Å²) < 4.78 is 0. The van der Waals surface area contributed by atoms with Crippen LogP contribution in [-0.2, 0) is 0 Å². The second-order valence-electron chi connectivity index (χ2n) is 3.72. The molecular formula is C7H10N6O. The third kappa shape index (κ3) is 1.09. The quantitative estimate of drug-likeness (QED) is 0.513. The van der Waals surface area contributed by atoms with E-state index in [0.29, 0.717) is 17.9 Å². The zero-order valence-corrected chi connectivity index (χ0v) is 7.40. The molecule has 1 saturated carbocycles. The Morgan fingerprint density at radius 1 is 1.43 bits per heavy atom. The summed E-state index contributed by atoms with van der Waals surface area (Å²) in [6, 6.07) is 0.308. The largest absolute Gasteiger partial charge is 0.346 e. The Hall–Kier alpha value is -1.50. The lowest BCUT2D eigenvalue weighted by Crippen LogP contribution is -2.33.